The van der Waals surface area contributed by atoms with Gasteiger partial charge in [0.1, 0.15) is 5.75 Å². The highest BCUT2D eigenvalue weighted by molar-refractivity contribution is 5.86. The minimum Gasteiger partial charge on any atom is -0.454 e. The molecule has 0 bridgehead atoms. The number of fused-ring (bicyclic) bond motifs is 1. The summed E-state index contributed by atoms with van der Waals surface area (Å²) in [5.74, 6) is 0.898. The predicted molar refractivity (Wildman–Crippen MR) is 95.3 cm³/mol. The van der Waals surface area contributed by atoms with E-state index in [0.29, 0.717) is 23.0 Å². The Bertz CT molecular complexity index is 705. The molecule has 3 N–H and O–H groups in total. The van der Waals surface area contributed by atoms with Gasteiger partial charge in [0.15, 0.2) is 17.5 Å². The SMILES string of the molecule is CN=C(NCC(=O)NC(C)(C)C)NCc1cc2c(cc1OC(F)F)OCO2. The third kappa shape index (κ3) is 6.46. The molecule has 0 spiro atoms. The van der Waals surface area contributed by atoms with Crippen molar-refractivity contribution in [2.45, 2.75) is 39.5 Å². The van der Waals surface area contributed by atoms with Crippen molar-refractivity contribution in [1.82, 2.24) is 16.0 Å². The molecule has 0 saturated carbocycles. The normalized spacial score (nSPS) is 13.5. The number of benzene rings is 1. The van der Waals surface area contributed by atoms with Crippen molar-refractivity contribution >= 4 is 11.9 Å². The quantitative estimate of drug-likeness (QED) is 0.508. The highest BCUT2D eigenvalue weighted by Gasteiger charge is 2.20. The van der Waals surface area contributed by atoms with Crippen LogP contribution in [0.1, 0.15) is 26.3 Å². The lowest BCUT2D eigenvalue weighted by Crippen LogP contribution is -2.48. The molecule has 0 aromatic heterocycles. The van der Waals surface area contributed by atoms with Crippen LogP contribution in [-0.2, 0) is 11.3 Å². The molecule has 10 heteroatoms. The van der Waals surface area contributed by atoms with Gasteiger partial charge in [-0.15, -0.1) is 0 Å². The number of rotatable bonds is 6. The number of guanidine groups is 1. The van der Waals surface area contributed by atoms with Crippen molar-refractivity contribution in [2.24, 2.45) is 4.99 Å². The molecule has 0 unspecified atom stereocenters. The maximum atomic E-state index is 12.7. The van der Waals surface area contributed by atoms with Gasteiger partial charge in [0.2, 0.25) is 12.7 Å². The molecule has 0 saturated heterocycles. The summed E-state index contributed by atoms with van der Waals surface area (Å²) in [6.45, 7) is 2.82. The summed E-state index contributed by atoms with van der Waals surface area (Å²) in [4.78, 5) is 15.9. The number of hydrogen-bond donors (Lipinski definition) is 3. The molecule has 1 aromatic rings. The van der Waals surface area contributed by atoms with Gasteiger partial charge in [-0.1, -0.05) is 0 Å². The third-order valence-corrected chi connectivity index (χ3v) is 3.37. The number of alkyl halides is 2. The average molecular weight is 386 g/mol. The van der Waals surface area contributed by atoms with Gasteiger partial charge in [-0.2, -0.15) is 8.78 Å². The Morgan fingerprint density at radius 2 is 1.93 bits per heavy atom. The Labute approximate surface area is 156 Å². The minimum atomic E-state index is -2.97. The topological polar surface area (TPSA) is 93.2 Å². The largest absolute Gasteiger partial charge is 0.454 e. The van der Waals surface area contributed by atoms with Crippen molar-refractivity contribution in [3.63, 3.8) is 0 Å². The Morgan fingerprint density at radius 1 is 1.26 bits per heavy atom. The highest BCUT2D eigenvalue weighted by Crippen LogP contribution is 2.38. The second kappa shape index (κ2) is 8.74. The summed E-state index contributed by atoms with van der Waals surface area (Å²) < 4.78 is 40.3. The molecule has 0 radical (unpaired) electrons. The smallest absolute Gasteiger partial charge is 0.387 e. The number of nitrogens with one attached hydrogen (secondary N) is 3. The van der Waals surface area contributed by atoms with E-state index in [2.05, 4.69) is 25.7 Å². The molecular formula is C17H24F2N4O4. The first-order chi connectivity index (χ1) is 12.7. The number of hydrogen-bond acceptors (Lipinski definition) is 5. The van der Waals surface area contributed by atoms with E-state index in [9.17, 15) is 13.6 Å². The molecular weight excluding hydrogens is 362 g/mol. The van der Waals surface area contributed by atoms with Crippen molar-refractivity contribution in [1.29, 1.82) is 0 Å². The minimum absolute atomic E-state index is 0.0124. The van der Waals surface area contributed by atoms with E-state index in [1.807, 2.05) is 20.8 Å². The zero-order valence-corrected chi connectivity index (χ0v) is 15.7. The Hall–Kier alpha value is -2.78. The molecule has 1 heterocycles. The molecule has 150 valence electrons. The maximum Gasteiger partial charge on any atom is 0.387 e. The summed E-state index contributed by atoms with van der Waals surface area (Å²) in [6, 6.07) is 2.92. The number of ether oxygens (including phenoxy) is 3. The van der Waals surface area contributed by atoms with Crippen LogP contribution in [-0.4, -0.2) is 44.4 Å². The number of aliphatic imine (C=N–C) groups is 1. The summed E-state index contributed by atoms with van der Waals surface area (Å²) in [5, 5.41) is 8.62. The number of nitrogens with zero attached hydrogens (tertiary/aromatic N) is 1. The molecule has 8 nitrogen and oxygen atoms in total. The molecule has 0 fully saturated rings. The summed E-state index contributed by atoms with van der Waals surface area (Å²) >= 11 is 0. The molecule has 1 aromatic carbocycles. The van der Waals surface area contributed by atoms with Crippen LogP contribution in [0.2, 0.25) is 0 Å². The van der Waals surface area contributed by atoms with Crippen LogP contribution < -0.4 is 30.2 Å². The van der Waals surface area contributed by atoms with E-state index >= 15 is 0 Å². The van der Waals surface area contributed by atoms with E-state index < -0.39 is 6.61 Å². The Kier molecular flexibility index (Phi) is 6.65. The fourth-order valence-corrected chi connectivity index (χ4v) is 2.34. The van der Waals surface area contributed by atoms with Crippen LogP contribution in [0.3, 0.4) is 0 Å². The summed E-state index contributed by atoms with van der Waals surface area (Å²) in [7, 11) is 1.53. The lowest BCUT2D eigenvalue weighted by atomic mass is 10.1. The number of amides is 1. The molecule has 0 atom stereocenters. The Morgan fingerprint density at radius 3 is 2.52 bits per heavy atom. The van der Waals surface area contributed by atoms with Crippen molar-refractivity contribution in [3.8, 4) is 17.2 Å². The molecule has 1 aliphatic heterocycles. The van der Waals surface area contributed by atoms with Gasteiger partial charge >= 0.3 is 6.61 Å². The fourth-order valence-electron chi connectivity index (χ4n) is 2.34. The van der Waals surface area contributed by atoms with Crippen LogP contribution in [0.5, 0.6) is 17.2 Å². The standard InChI is InChI=1S/C17H24F2N4O4/c1-17(2,3)23-14(24)8-22-16(20-4)21-7-10-5-12-13(26-9-25-12)6-11(10)27-15(18)19/h5-6,15H,7-9H2,1-4H3,(H,23,24)(H2,20,21,22). The van der Waals surface area contributed by atoms with Gasteiger partial charge in [0, 0.05) is 30.8 Å². The highest BCUT2D eigenvalue weighted by atomic mass is 19.3. The van der Waals surface area contributed by atoms with Crippen molar-refractivity contribution < 1.29 is 27.8 Å². The number of carbonyl (C=O) groups excluding carboxylic acids is 1. The fraction of sp³-hybridized carbons (Fsp3) is 0.529. The van der Waals surface area contributed by atoms with Gasteiger partial charge in [0.25, 0.3) is 0 Å². The van der Waals surface area contributed by atoms with Crippen molar-refractivity contribution in [2.75, 3.05) is 20.4 Å². The lowest BCUT2D eigenvalue weighted by molar-refractivity contribution is -0.121. The monoisotopic (exact) mass is 386 g/mol. The zero-order chi connectivity index (χ0) is 20.0. The molecule has 1 amide bonds. The molecule has 2 rings (SSSR count). The van der Waals surface area contributed by atoms with E-state index in [4.69, 9.17) is 9.47 Å². The maximum absolute atomic E-state index is 12.7. The number of carbonyl (C=O) groups is 1. The van der Waals surface area contributed by atoms with Gasteiger partial charge in [0.05, 0.1) is 6.54 Å². The predicted octanol–water partition coefficient (Wildman–Crippen LogP) is 1.60. The third-order valence-electron chi connectivity index (χ3n) is 3.37. The van der Waals surface area contributed by atoms with Crippen molar-refractivity contribution in [3.05, 3.63) is 17.7 Å². The second-order valence-corrected chi connectivity index (χ2v) is 6.77. The van der Waals surface area contributed by atoms with E-state index in [1.54, 1.807) is 6.07 Å². The van der Waals surface area contributed by atoms with Crippen LogP contribution in [0.4, 0.5) is 8.78 Å². The van der Waals surface area contributed by atoms with Gasteiger partial charge in [-0.05, 0) is 26.8 Å². The summed E-state index contributed by atoms with van der Waals surface area (Å²) in [5.41, 5.74) is 0.0885. The van der Waals surface area contributed by atoms with E-state index in [1.165, 1.54) is 13.1 Å². The molecule has 1 aliphatic rings. The zero-order valence-electron chi connectivity index (χ0n) is 15.7. The molecule has 27 heavy (non-hydrogen) atoms. The average Bonchev–Trinajstić information content (AvgIpc) is 2.99. The van der Waals surface area contributed by atoms with Crippen LogP contribution in [0, 0.1) is 0 Å². The van der Waals surface area contributed by atoms with Gasteiger partial charge in [-0.3, -0.25) is 9.79 Å². The Balaban J connectivity index is 1.98. The van der Waals surface area contributed by atoms with Crippen LogP contribution in [0.25, 0.3) is 0 Å². The lowest BCUT2D eigenvalue weighted by Gasteiger charge is -2.21. The van der Waals surface area contributed by atoms with Crippen LogP contribution in [0.15, 0.2) is 17.1 Å². The van der Waals surface area contributed by atoms with Gasteiger partial charge in [-0.25, -0.2) is 0 Å². The summed E-state index contributed by atoms with van der Waals surface area (Å²) in [6.07, 6.45) is 0. The van der Waals surface area contributed by atoms with E-state index in [0.717, 1.165) is 0 Å². The van der Waals surface area contributed by atoms with E-state index in [-0.39, 0.29) is 37.1 Å². The van der Waals surface area contributed by atoms with Gasteiger partial charge < -0.3 is 30.2 Å². The number of halogens is 2. The first kappa shape index (κ1) is 20.5. The first-order valence-corrected chi connectivity index (χ1v) is 8.31. The first-order valence-electron chi connectivity index (χ1n) is 8.31. The van der Waals surface area contributed by atoms with Crippen LogP contribution >= 0.6 is 0 Å². The second-order valence-electron chi connectivity index (χ2n) is 6.77. The molecule has 0 aliphatic carbocycles.